The molecule has 0 radical (unpaired) electrons. The van der Waals surface area contributed by atoms with Gasteiger partial charge in [0.15, 0.2) is 0 Å². The summed E-state index contributed by atoms with van der Waals surface area (Å²) in [5.41, 5.74) is 5.61. The quantitative estimate of drug-likeness (QED) is 0.833. The summed E-state index contributed by atoms with van der Waals surface area (Å²) in [6.07, 6.45) is 5.14. The van der Waals surface area contributed by atoms with Gasteiger partial charge in [-0.2, -0.15) is 0 Å². The Bertz CT molecular complexity index is 432. The number of likely N-dealkylation sites (tertiary alicyclic amines) is 2. The Morgan fingerprint density at radius 1 is 0.917 bits per heavy atom. The molecule has 3 aliphatic heterocycles. The molecule has 24 heavy (non-hydrogen) atoms. The molecule has 2 amide bonds. The highest BCUT2D eigenvalue weighted by molar-refractivity contribution is 5.82. The maximum Gasteiger partial charge on any atom is 0.251 e. The van der Waals surface area contributed by atoms with Gasteiger partial charge in [0, 0.05) is 38.6 Å². The number of ether oxygens (including phenoxy) is 1. The van der Waals surface area contributed by atoms with Crippen molar-refractivity contribution >= 4 is 11.8 Å². The molecule has 0 aliphatic carbocycles. The van der Waals surface area contributed by atoms with E-state index >= 15 is 0 Å². The molecule has 0 unspecified atom stereocenters. The van der Waals surface area contributed by atoms with Crippen LogP contribution in [-0.4, -0.2) is 66.5 Å². The Morgan fingerprint density at radius 3 is 2.08 bits per heavy atom. The van der Waals surface area contributed by atoms with Crippen LogP contribution in [0.4, 0.5) is 0 Å². The number of hydrogen-bond donors (Lipinski definition) is 1. The molecular weight excluding hydrogens is 306 g/mol. The summed E-state index contributed by atoms with van der Waals surface area (Å²) < 4.78 is 5.71. The molecule has 2 atom stereocenters. The van der Waals surface area contributed by atoms with E-state index in [1.165, 1.54) is 0 Å². The van der Waals surface area contributed by atoms with Crippen LogP contribution in [-0.2, 0) is 14.3 Å². The van der Waals surface area contributed by atoms with Gasteiger partial charge >= 0.3 is 0 Å². The Hall–Kier alpha value is -1.14. The summed E-state index contributed by atoms with van der Waals surface area (Å²) in [5, 5.41) is 0. The predicted octanol–water partition coefficient (Wildman–Crippen LogP) is 0.990. The van der Waals surface area contributed by atoms with Crippen molar-refractivity contribution in [3.8, 4) is 0 Å². The van der Waals surface area contributed by atoms with E-state index in [9.17, 15) is 9.59 Å². The molecule has 3 heterocycles. The van der Waals surface area contributed by atoms with Gasteiger partial charge in [-0.1, -0.05) is 6.92 Å². The van der Waals surface area contributed by atoms with Gasteiger partial charge in [-0.05, 0) is 44.4 Å². The molecule has 136 valence electrons. The van der Waals surface area contributed by atoms with Gasteiger partial charge in [-0.3, -0.25) is 9.59 Å². The van der Waals surface area contributed by atoms with E-state index in [1.54, 1.807) is 0 Å². The molecule has 6 nitrogen and oxygen atoms in total. The minimum absolute atomic E-state index is 0.0274. The zero-order valence-corrected chi connectivity index (χ0v) is 14.8. The number of nitrogens with zero attached hydrogens (tertiary/aromatic N) is 2. The third-order valence-corrected chi connectivity index (χ3v) is 5.90. The van der Waals surface area contributed by atoms with Gasteiger partial charge in [-0.15, -0.1) is 0 Å². The maximum atomic E-state index is 12.7. The van der Waals surface area contributed by atoms with Crippen LogP contribution in [0.1, 0.15) is 45.4 Å². The van der Waals surface area contributed by atoms with Crippen molar-refractivity contribution in [2.24, 2.45) is 17.6 Å². The number of amides is 2. The summed E-state index contributed by atoms with van der Waals surface area (Å²) in [5.74, 6) is 1.21. The van der Waals surface area contributed by atoms with E-state index in [1.807, 2.05) is 9.80 Å². The van der Waals surface area contributed by atoms with Crippen LogP contribution in [0.25, 0.3) is 0 Å². The van der Waals surface area contributed by atoms with Crippen molar-refractivity contribution in [1.82, 2.24) is 9.80 Å². The lowest BCUT2D eigenvalue weighted by Crippen LogP contribution is -2.48. The van der Waals surface area contributed by atoms with Crippen molar-refractivity contribution in [2.75, 3.05) is 32.7 Å². The first-order chi connectivity index (χ1) is 11.6. The van der Waals surface area contributed by atoms with Crippen LogP contribution < -0.4 is 5.73 Å². The minimum atomic E-state index is -0.325. The number of carbonyl (C=O) groups excluding carboxylic acids is 2. The number of hydrogen-bond acceptors (Lipinski definition) is 4. The predicted molar refractivity (Wildman–Crippen MR) is 91.2 cm³/mol. The van der Waals surface area contributed by atoms with E-state index in [0.29, 0.717) is 25.5 Å². The molecule has 0 saturated carbocycles. The van der Waals surface area contributed by atoms with E-state index in [2.05, 4.69) is 6.92 Å². The van der Waals surface area contributed by atoms with E-state index in [-0.39, 0.29) is 24.0 Å². The fraction of sp³-hybridized carbons (Fsp3) is 0.889. The van der Waals surface area contributed by atoms with Gasteiger partial charge in [0.25, 0.3) is 5.91 Å². The van der Waals surface area contributed by atoms with Gasteiger partial charge < -0.3 is 20.3 Å². The van der Waals surface area contributed by atoms with Crippen LogP contribution >= 0.6 is 0 Å². The number of carbonyl (C=O) groups is 2. The highest BCUT2D eigenvalue weighted by Crippen LogP contribution is 2.26. The zero-order chi connectivity index (χ0) is 17.1. The smallest absolute Gasteiger partial charge is 0.251 e. The molecule has 0 aromatic carbocycles. The fourth-order valence-electron chi connectivity index (χ4n) is 4.10. The van der Waals surface area contributed by atoms with Gasteiger partial charge in [0.1, 0.15) is 6.10 Å². The Kier molecular flexibility index (Phi) is 5.76. The second kappa shape index (κ2) is 7.83. The lowest BCUT2D eigenvalue weighted by atomic mass is 9.92. The highest BCUT2D eigenvalue weighted by atomic mass is 16.5. The van der Waals surface area contributed by atoms with E-state index < -0.39 is 0 Å². The average Bonchev–Trinajstić information content (AvgIpc) is 3.10. The Balaban J connectivity index is 1.45. The zero-order valence-electron chi connectivity index (χ0n) is 14.8. The molecule has 3 aliphatic rings. The third-order valence-electron chi connectivity index (χ3n) is 5.90. The summed E-state index contributed by atoms with van der Waals surface area (Å²) in [7, 11) is 0. The van der Waals surface area contributed by atoms with Gasteiger partial charge in [-0.25, -0.2) is 0 Å². The molecule has 6 heteroatoms. The van der Waals surface area contributed by atoms with Crippen molar-refractivity contribution in [2.45, 2.75) is 57.7 Å². The lowest BCUT2D eigenvalue weighted by Gasteiger charge is -2.37. The normalized spacial score (nSPS) is 29.9. The molecule has 3 fully saturated rings. The second-order valence-electron chi connectivity index (χ2n) is 7.67. The summed E-state index contributed by atoms with van der Waals surface area (Å²) in [6, 6.07) is 0. The second-order valence-corrected chi connectivity index (χ2v) is 7.67. The summed E-state index contributed by atoms with van der Waals surface area (Å²) in [6.45, 7) is 5.88. The molecular formula is C18H31N3O3. The topological polar surface area (TPSA) is 75.9 Å². The minimum Gasteiger partial charge on any atom is -0.364 e. The van der Waals surface area contributed by atoms with Crippen LogP contribution in [0.5, 0.6) is 0 Å². The number of rotatable bonds is 3. The largest absolute Gasteiger partial charge is 0.364 e. The summed E-state index contributed by atoms with van der Waals surface area (Å²) >= 11 is 0. The van der Waals surface area contributed by atoms with Crippen molar-refractivity contribution in [3.63, 3.8) is 0 Å². The molecule has 0 bridgehead atoms. The Morgan fingerprint density at radius 2 is 1.50 bits per heavy atom. The molecule has 3 rings (SSSR count). The molecule has 3 saturated heterocycles. The van der Waals surface area contributed by atoms with E-state index in [4.69, 9.17) is 10.5 Å². The first-order valence-electron chi connectivity index (χ1n) is 9.51. The third kappa shape index (κ3) is 3.91. The van der Waals surface area contributed by atoms with Crippen LogP contribution in [0.2, 0.25) is 0 Å². The Labute approximate surface area is 144 Å². The first-order valence-corrected chi connectivity index (χ1v) is 9.51. The molecule has 0 aromatic rings. The average molecular weight is 337 g/mol. The van der Waals surface area contributed by atoms with Crippen molar-refractivity contribution in [1.29, 1.82) is 0 Å². The first kappa shape index (κ1) is 17.7. The number of nitrogens with two attached hydrogens (primary N) is 1. The lowest BCUT2D eigenvalue weighted by molar-refractivity contribution is -0.147. The SMILES string of the molecule is CC1CCN(C(=O)C2CCN(C(=O)[C@@H]3CC[C@H](CN)O3)CC2)CC1. The van der Waals surface area contributed by atoms with Gasteiger partial charge in [0.2, 0.25) is 5.91 Å². The van der Waals surface area contributed by atoms with E-state index in [0.717, 1.165) is 57.5 Å². The van der Waals surface area contributed by atoms with Crippen LogP contribution in [0.3, 0.4) is 0 Å². The van der Waals surface area contributed by atoms with Crippen LogP contribution in [0, 0.1) is 11.8 Å². The molecule has 2 N–H and O–H groups in total. The van der Waals surface area contributed by atoms with Crippen LogP contribution in [0.15, 0.2) is 0 Å². The number of piperidine rings is 2. The molecule has 0 spiro atoms. The summed E-state index contributed by atoms with van der Waals surface area (Å²) in [4.78, 5) is 29.1. The van der Waals surface area contributed by atoms with Gasteiger partial charge in [0.05, 0.1) is 6.10 Å². The monoisotopic (exact) mass is 337 g/mol. The maximum absolute atomic E-state index is 12.7. The standard InChI is InChI=1S/C18H31N3O3/c1-13-4-8-20(9-5-13)17(22)14-6-10-21(11-7-14)18(23)16-3-2-15(12-19)24-16/h13-16H,2-12,19H2,1H3/t15-,16+/m1/s1. The van der Waals surface area contributed by atoms with Crippen molar-refractivity contribution < 1.29 is 14.3 Å². The molecule has 0 aromatic heterocycles. The van der Waals surface area contributed by atoms with Crippen molar-refractivity contribution in [3.05, 3.63) is 0 Å². The highest BCUT2D eigenvalue weighted by Gasteiger charge is 2.36. The fourth-order valence-corrected chi connectivity index (χ4v) is 4.10.